The third-order valence-corrected chi connectivity index (χ3v) is 5.23. The minimum Gasteiger partial charge on any atom is -0.497 e. The van der Waals surface area contributed by atoms with E-state index in [2.05, 4.69) is 10.0 Å². The van der Waals surface area contributed by atoms with E-state index in [0.29, 0.717) is 5.75 Å². The second-order valence-corrected chi connectivity index (χ2v) is 8.22. The molecule has 156 valence electrons. The van der Waals surface area contributed by atoms with Gasteiger partial charge in [-0.2, -0.15) is 0 Å². The molecule has 1 atom stereocenters. The number of para-hydroxylation sites is 1. The fourth-order valence-corrected chi connectivity index (χ4v) is 3.47. The molecule has 0 fully saturated rings. The maximum Gasteiger partial charge on any atom is 0.341 e. The summed E-state index contributed by atoms with van der Waals surface area (Å²) in [5.74, 6) is -0.740. The summed E-state index contributed by atoms with van der Waals surface area (Å²) >= 11 is 0. The molecule has 0 aliphatic carbocycles. The number of methoxy groups -OCH3 is 1. The first kappa shape index (κ1) is 22.2. The number of rotatable bonds is 8. The molecule has 0 radical (unpaired) electrons. The Hall–Kier alpha value is -3.07. The highest BCUT2D eigenvalue weighted by Crippen LogP contribution is 2.22. The summed E-state index contributed by atoms with van der Waals surface area (Å²) in [6, 6.07) is 11.7. The molecule has 8 nitrogen and oxygen atoms in total. The van der Waals surface area contributed by atoms with Crippen molar-refractivity contribution in [3.05, 3.63) is 54.1 Å². The molecule has 1 amide bonds. The lowest BCUT2D eigenvalue weighted by atomic mass is 10.2. The topological polar surface area (TPSA) is 111 Å². The molecule has 0 unspecified atom stereocenters. The normalized spacial score (nSPS) is 12.2. The van der Waals surface area contributed by atoms with Gasteiger partial charge in [-0.05, 0) is 57.2 Å². The quantitative estimate of drug-likeness (QED) is 0.635. The summed E-state index contributed by atoms with van der Waals surface area (Å²) in [5, 5.41) is 2.65. The van der Waals surface area contributed by atoms with E-state index in [9.17, 15) is 18.0 Å². The number of ether oxygens (including phenoxy) is 2. The number of esters is 1. The Morgan fingerprint density at radius 2 is 1.59 bits per heavy atom. The fourth-order valence-electron chi connectivity index (χ4n) is 2.39. The van der Waals surface area contributed by atoms with Gasteiger partial charge in [0, 0.05) is 6.04 Å². The average molecular weight is 420 g/mol. The van der Waals surface area contributed by atoms with E-state index in [-0.39, 0.29) is 22.2 Å². The van der Waals surface area contributed by atoms with Crippen LogP contribution in [0.25, 0.3) is 0 Å². The minimum atomic E-state index is -3.95. The van der Waals surface area contributed by atoms with Gasteiger partial charge in [-0.25, -0.2) is 13.2 Å². The van der Waals surface area contributed by atoms with Crippen molar-refractivity contribution in [2.24, 2.45) is 0 Å². The molecular weight excluding hydrogens is 396 g/mol. The van der Waals surface area contributed by atoms with Crippen LogP contribution in [-0.2, 0) is 19.6 Å². The van der Waals surface area contributed by atoms with Crippen molar-refractivity contribution >= 4 is 27.6 Å². The van der Waals surface area contributed by atoms with Gasteiger partial charge < -0.3 is 14.8 Å². The zero-order valence-corrected chi connectivity index (χ0v) is 17.4. The van der Waals surface area contributed by atoms with Gasteiger partial charge >= 0.3 is 5.97 Å². The van der Waals surface area contributed by atoms with Gasteiger partial charge in [-0.15, -0.1) is 0 Å². The monoisotopic (exact) mass is 420 g/mol. The van der Waals surface area contributed by atoms with Gasteiger partial charge in [0.05, 0.1) is 23.3 Å². The smallest absolute Gasteiger partial charge is 0.341 e. The number of carbonyl (C=O) groups excluding carboxylic acids is 2. The lowest BCUT2D eigenvalue weighted by Gasteiger charge is -2.17. The van der Waals surface area contributed by atoms with Crippen LogP contribution in [0.1, 0.15) is 31.1 Å². The van der Waals surface area contributed by atoms with Crippen molar-refractivity contribution in [1.82, 2.24) is 5.32 Å². The maximum absolute atomic E-state index is 12.7. The number of nitrogens with one attached hydrogen (secondary N) is 2. The number of carbonyl (C=O) groups is 2. The Balaban J connectivity index is 2.21. The Morgan fingerprint density at radius 1 is 0.966 bits per heavy atom. The van der Waals surface area contributed by atoms with Crippen molar-refractivity contribution < 1.29 is 27.5 Å². The maximum atomic E-state index is 12.7. The van der Waals surface area contributed by atoms with Crippen LogP contribution in [0.15, 0.2) is 53.4 Å². The molecule has 0 spiro atoms. The summed E-state index contributed by atoms with van der Waals surface area (Å²) in [4.78, 5) is 24.5. The summed E-state index contributed by atoms with van der Waals surface area (Å²) in [5.41, 5.74) is 0.0403. The van der Waals surface area contributed by atoms with Crippen molar-refractivity contribution in [3.8, 4) is 5.75 Å². The molecule has 0 heterocycles. The Bertz CT molecular complexity index is 971. The second-order valence-electron chi connectivity index (χ2n) is 6.54. The van der Waals surface area contributed by atoms with Gasteiger partial charge in [0.25, 0.3) is 15.9 Å². The number of benzene rings is 2. The van der Waals surface area contributed by atoms with Gasteiger partial charge in [-0.3, -0.25) is 9.52 Å². The van der Waals surface area contributed by atoms with Crippen LogP contribution in [0, 0.1) is 0 Å². The predicted molar refractivity (Wildman–Crippen MR) is 108 cm³/mol. The van der Waals surface area contributed by atoms with E-state index in [0.717, 1.165) is 0 Å². The van der Waals surface area contributed by atoms with Crippen LogP contribution >= 0.6 is 0 Å². The molecule has 0 aromatic heterocycles. The molecule has 9 heteroatoms. The number of amides is 1. The zero-order chi connectivity index (χ0) is 21.6. The SMILES string of the molecule is COc1ccc(S(=O)(=O)Nc2ccccc2C(=O)O[C@@H](C)C(=O)NC(C)C)cc1. The lowest BCUT2D eigenvalue weighted by molar-refractivity contribution is -0.129. The molecule has 0 saturated heterocycles. The van der Waals surface area contributed by atoms with Crippen LogP contribution < -0.4 is 14.8 Å². The van der Waals surface area contributed by atoms with E-state index < -0.39 is 28.0 Å². The molecule has 0 aliphatic rings. The number of hydrogen-bond acceptors (Lipinski definition) is 6. The Kier molecular flexibility index (Phi) is 7.22. The van der Waals surface area contributed by atoms with E-state index in [1.165, 1.54) is 50.4 Å². The van der Waals surface area contributed by atoms with Gasteiger partial charge in [0.1, 0.15) is 5.75 Å². The highest BCUT2D eigenvalue weighted by Gasteiger charge is 2.23. The number of sulfonamides is 1. The predicted octanol–water partition coefficient (Wildman–Crippen LogP) is 2.57. The van der Waals surface area contributed by atoms with Crippen LogP contribution in [0.5, 0.6) is 5.75 Å². The Morgan fingerprint density at radius 3 is 2.17 bits per heavy atom. The van der Waals surface area contributed by atoms with E-state index >= 15 is 0 Å². The van der Waals surface area contributed by atoms with E-state index in [1.807, 2.05) is 0 Å². The molecule has 0 bridgehead atoms. The van der Waals surface area contributed by atoms with Crippen molar-refractivity contribution in [3.63, 3.8) is 0 Å². The first-order valence-electron chi connectivity index (χ1n) is 8.91. The molecule has 0 aliphatic heterocycles. The molecule has 2 aromatic rings. The van der Waals surface area contributed by atoms with Gasteiger partial charge in [0.15, 0.2) is 6.10 Å². The molecular formula is C20H24N2O6S. The molecule has 29 heavy (non-hydrogen) atoms. The first-order chi connectivity index (χ1) is 13.6. The molecule has 2 N–H and O–H groups in total. The van der Waals surface area contributed by atoms with Gasteiger partial charge in [-0.1, -0.05) is 12.1 Å². The summed E-state index contributed by atoms with van der Waals surface area (Å²) in [6.45, 7) is 5.02. The molecule has 2 aromatic carbocycles. The standard InChI is InChI=1S/C20H24N2O6S/c1-13(2)21-19(23)14(3)28-20(24)17-7-5-6-8-18(17)22-29(25,26)16-11-9-15(27-4)10-12-16/h5-14,22H,1-4H3,(H,21,23)/t14-/m0/s1. The van der Waals surface area contributed by atoms with Gasteiger partial charge in [0.2, 0.25) is 0 Å². The van der Waals surface area contributed by atoms with Crippen LogP contribution in [0.3, 0.4) is 0 Å². The van der Waals surface area contributed by atoms with E-state index in [4.69, 9.17) is 9.47 Å². The van der Waals surface area contributed by atoms with Crippen LogP contribution in [0.4, 0.5) is 5.69 Å². The van der Waals surface area contributed by atoms with Crippen molar-refractivity contribution in [2.45, 2.75) is 37.8 Å². The summed E-state index contributed by atoms with van der Waals surface area (Å²) < 4.78 is 37.9. The summed E-state index contributed by atoms with van der Waals surface area (Å²) in [7, 11) is -2.47. The first-order valence-corrected chi connectivity index (χ1v) is 10.4. The number of hydrogen-bond donors (Lipinski definition) is 2. The van der Waals surface area contributed by atoms with Crippen molar-refractivity contribution in [1.29, 1.82) is 0 Å². The highest BCUT2D eigenvalue weighted by molar-refractivity contribution is 7.92. The largest absolute Gasteiger partial charge is 0.497 e. The summed E-state index contributed by atoms with van der Waals surface area (Å²) in [6.07, 6.45) is -1.03. The zero-order valence-electron chi connectivity index (χ0n) is 16.6. The Labute approximate surface area is 170 Å². The van der Waals surface area contributed by atoms with E-state index in [1.54, 1.807) is 26.0 Å². The molecule has 0 saturated carbocycles. The molecule has 2 rings (SSSR count). The second kappa shape index (κ2) is 9.42. The number of anilines is 1. The minimum absolute atomic E-state index is 0.00569. The van der Waals surface area contributed by atoms with Crippen LogP contribution in [0.2, 0.25) is 0 Å². The van der Waals surface area contributed by atoms with Crippen molar-refractivity contribution in [2.75, 3.05) is 11.8 Å². The third kappa shape index (κ3) is 5.95. The highest BCUT2D eigenvalue weighted by atomic mass is 32.2. The average Bonchev–Trinajstić information content (AvgIpc) is 2.67. The van der Waals surface area contributed by atoms with Crippen LogP contribution in [-0.4, -0.2) is 39.5 Å². The fraction of sp³-hybridized carbons (Fsp3) is 0.300. The third-order valence-electron chi connectivity index (χ3n) is 3.85. The lowest BCUT2D eigenvalue weighted by Crippen LogP contribution is -2.39.